The molecule has 1 atom stereocenters. The first kappa shape index (κ1) is 14.0. The van der Waals surface area contributed by atoms with Crippen molar-refractivity contribution in [2.75, 3.05) is 6.54 Å². The lowest BCUT2D eigenvalue weighted by Gasteiger charge is -2.28. The Bertz CT molecular complexity index is 268. The molecular formula is C12H22N2O. The minimum absolute atomic E-state index is 0.171. The van der Waals surface area contributed by atoms with Gasteiger partial charge in [-0.1, -0.05) is 27.7 Å². The summed E-state index contributed by atoms with van der Waals surface area (Å²) in [6, 6.07) is 1.99. The topological polar surface area (TPSA) is 52.9 Å². The van der Waals surface area contributed by atoms with Gasteiger partial charge >= 0.3 is 0 Å². The van der Waals surface area contributed by atoms with Crippen molar-refractivity contribution in [3.05, 3.63) is 0 Å². The molecule has 0 spiro atoms. The van der Waals surface area contributed by atoms with E-state index >= 15 is 0 Å². The van der Waals surface area contributed by atoms with Crippen molar-refractivity contribution in [2.24, 2.45) is 16.7 Å². The van der Waals surface area contributed by atoms with Crippen LogP contribution in [0.5, 0.6) is 0 Å². The molecule has 0 bridgehead atoms. The smallest absolute Gasteiger partial charge is 0.239 e. The molecule has 0 aromatic rings. The summed E-state index contributed by atoms with van der Waals surface area (Å²) in [7, 11) is 0. The highest BCUT2D eigenvalue weighted by Gasteiger charge is 2.28. The molecule has 0 saturated heterocycles. The van der Waals surface area contributed by atoms with Crippen molar-refractivity contribution in [1.82, 2.24) is 5.32 Å². The van der Waals surface area contributed by atoms with Crippen LogP contribution in [0.1, 0.15) is 41.5 Å². The largest absolute Gasteiger partial charge is 0.354 e. The summed E-state index contributed by atoms with van der Waals surface area (Å²) in [5, 5.41) is 11.6. The maximum Gasteiger partial charge on any atom is 0.239 e. The summed E-state index contributed by atoms with van der Waals surface area (Å²) in [5.74, 6) is 0.192. The Balaban J connectivity index is 4.21. The first-order valence-electron chi connectivity index (χ1n) is 5.31. The van der Waals surface area contributed by atoms with E-state index in [0.717, 1.165) is 0 Å². The molecular weight excluding hydrogens is 188 g/mol. The number of nitriles is 1. The minimum atomic E-state index is -0.933. The third-order valence-corrected chi connectivity index (χ3v) is 2.89. The summed E-state index contributed by atoms with van der Waals surface area (Å²) in [6.45, 7) is 12.4. The first-order valence-corrected chi connectivity index (χ1v) is 5.31. The Kier molecular flexibility index (Phi) is 4.33. The van der Waals surface area contributed by atoms with Crippen molar-refractivity contribution >= 4 is 5.91 Å². The van der Waals surface area contributed by atoms with E-state index in [1.165, 1.54) is 0 Å². The van der Waals surface area contributed by atoms with Crippen molar-refractivity contribution in [2.45, 2.75) is 41.5 Å². The molecule has 0 rings (SSSR count). The lowest BCUT2D eigenvalue weighted by molar-refractivity contribution is -0.127. The standard InChI is InChI=1S/C12H22N2O/c1-9(11(2,3)4)7-14-10(15)12(5,6)8-13/h9H,7H2,1-6H3,(H,14,15). The van der Waals surface area contributed by atoms with Crippen LogP contribution in [0.2, 0.25) is 0 Å². The molecule has 1 unspecified atom stereocenters. The Morgan fingerprint density at radius 3 is 2.13 bits per heavy atom. The third-order valence-electron chi connectivity index (χ3n) is 2.89. The molecule has 1 N–H and O–H groups in total. The van der Waals surface area contributed by atoms with Crippen LogP contribution in [0.3, 0.4) is 0 Å². The SMILES string of the molecule is CC(CNC(=O)C(C)(C)C#N)C(C)(C)C. The van der Waals surface area contributed by atoms with Crippen molar-refractivity contribution in [1.29, 1.82) is 5.26 Å². The molecule has 15 heavy (non-hydrogen) atoms. The first-order chi connectivity index (χ1) is 6.61. The summed E-state index contributed by atoms with van der Waals surface area (Å²) < 4.78 is 0. The van der Waals surface area contributed by atoms with E-state index in [9.17, 15) is 4.79 Å². The Labute approximate surface area is 92.9 Å². The predicted molar refractivity (Wildman–Crippen MR) is 61.0 cm³/mol. The summed E-state index contributed by atoms with van der Waals surface area (Å²) in [4.78, 5) is 11.6. The Morgan fingerprint density at radius 1 is 1.33 bits per heavy atom. The molecule has 0 aromatic heterocycles. The van der Waals surface area contributed by atoms with Crippen LogP contribution in [0.4, 0.5) is 0 Å². The van der Waals surface area contributed by atoms with Crippen molar-refractivity contribution in [3.8, 4) is 6.07 Å². The molecule has 3 heteroatoms. The highest BCUT2D eigenvalue weighted by atomic mass is 16.2. The van der Waals surface area contributed by atoms with Crippen LogP contribution in [-0.4, -0.2) is 12.5 Å². The quantitative estimate of drug-likeness (QED) is 0.777. The van der Waals surface area contributed by atoms with Gasteiger partial charge in [0.15, 0.2) is 0 Å². The molecule has 0 heterocycles. The van der Waals surface area contributed by atoms with Gasteiger partial charge < -0.3 is 5.32 Å². The zero-order valence-corrected chi connectivity index (χ0v) is 10.6. The van der Waals surface area contributed by atoms with Gasteiger partial charge in [0, 0.05) is 6.54 Å². The van der Waals surface area contributed by atoms with E-state index in [-0.39, 0.29) is 11.3 Å². The predicted octanol–water partition coefficient (Wildman–Crippen LogP) is 2.33. The second kappa shape index (κ2) is 4.65. The summed E-state index contributed by atoms with van der Waals surface area (Å²) in [6.07, 6.45) is 0. The monoisotopic (exact) mass is 210 g/mol. The average molecular weight is 210 g/mol. The van der Waals surface area contributed by atoms with E-state index in [0.29, 0.717) is 12.5 Å². The second-order valence-electron chi connectivity index (χ2n) is 5.71. The maximum atomic E-state index is 11.6. The fourth-order valence-corrected chi connectivity index (χ4v) is 0.824. The lowest BCUT2D eigenvalue weighted by atomic mass is 9.82. The number of hydrogen-bond donors (Lipinski definition) is 1. The van der Waals surface area contributed by atoms with E-state index in [4.69, 9.17) is 5.26 Å². The van der Waals surface area contributed by atoms with Crippen molar-refractivity contribution < 1.29 is 4.79 Å². The van der Waals surface area contributed by atoms with Gasteiger partial charge in [-0.05, 0) is 25.2 Å². The third kappa shape index (κ3) is 4.33. The summed E-state index contributed by atoms with van der Waals surface area (Å²) >= 11 is 0. The molecule has 1 amide bonds. The van der Waals surface area contributed by atoms with Crippen LogP contribution in [0, 0.1) is 28.1 Å². The molecule has 86 valence electrons. The zero-order chi connectivity index (χ0) is 12.3. The van der Waals surface area contributed by atoms with Crippen LogP contribution >= 0.6 is 0 Å². The van der Waals surface area contributed by atoms with Gasteiger partial charge in [-0.25, -0.2) is 0 Å². The number of rotatable bonds is 3. The number of nitrogens with zero attached hydrogens (tertiary/aromatic N) is 1. The highest BCUT2D eigenvalue weighted by Crippen LogP contribution is 2.24. The maximum absolute atomic E-state index is 11.6. The van der Waals surface area contributed by atoms with Gasteiger partial charge in [0.25, 0.3) is 0 Å². The van der Waals surface area contributed by atoms with E-state index in [1.54, 1.807) is 13.8 Å². The molecule has 0 aromatic carbocycles. The van der Waals surface area contributed by atoms with E-state index < -0.39 is 5.41 Å². The fourth-order valence-electron chi connectivity index (χ4n) is 0.824. The molecule has 0 saturated carbocycles. The lowest BCUT2D eigenvalue weighted by Crippen LogP contribution is -2.40. The Hall–Kier alpha value is -1.04. The van der Waals surface area contributed by atoms with Gasteiger partial charge in [-0.15, -0.1) is 0 Å². The number of nitrogens with one attached hydrogen (secondary N) is 1. The second-order valence-corrected chi connectivity index (χ2v) is 5.71. The average Bonchev–Trinajstić information content (AvgIpc) is 2.11. The van der Waals surface area contributed by atoms with Gasteiger partial charge in [-0.3, -0.25) is 4.79 Å². The van der Waals surface area contributed by atoms with Crippen LogP contribution < -0.4 is 5.32 Å². The highest BCUT2D eigenvalue weighted by molar-refractivity contribution is 5.84. The fraction of sp³-hybridized carbons (Fsp3) is 0.833. The number of carbonyl (C=O) groups excluding carboxylic acids is 1. The molecule has 0 aliphatic rings. The van der Waals surface area contributed by atoms with Crippen LogP contribution in [0.15, 0.2) is 0 Å². The van der Waals surface area contributed by atoms with Gasteiger partial charge in [0.2, 0.25) is 5.91 Å². The van der Waals surface area contributed by atoms with Gasteiger partial charge in [0.05, 0.1) is 6.07 Å². The Morgan fingerprint density at radius 2 is 1.80 bits per heavy atom. The summed E-state index contributed by atoms with van der Waals surface area (Å²) in [5.41, 5.74) is -0.762. The van der Waals surface area contributed by atoms with E-state index in [2.05, 4.69) is 33.0 Å². The van der Waals surface area contributed by atoms with Gasteiger partial charge in [0.1, 0.15) is 5.41 Å². The minimum Gasteiger partial charge on any atom is -0.354 e. The normalized spacial score (nSPS) is 14.2. The molecule has 3 nitrogen and oxygen atoms in total. The number of amides is 1. The zero-order valence-electron chi connectivity index (χ0n) is 10.6. The van der Waals surface area contributed by atoms with Crippen LogP contribution in [0.25, 0.3) is 0 Å². The van der Waals surface area contributed by atoms with Crippen molar-refractivity contribution in [3.63, 3.8) is 0 Å². The van der Waals surface area contributed by atoms with E-state index in [1.807, 2.05) is 6.07 Å². The number of carbonyl (C=O) groups is 1. The molecule has 0 aliphatic heterocycles. The molecule has 0 radical (unpaired) electrons. The molecule has 0 fully saturated rings. The van der Waals surface area contributed by atoms with Crippen LogP contribution in [-0.2, 0) is 4.79 Å². The van der Waals surface area contributed by atoms with Gasteiger partial charge in [-0.2, -0.15) is 5.26 Å². The number of hydrogen-bond acceptors (Lipinski definition) is 2. The molecule has 0 aliphatic carbocycles.